The zero-order valence-corrected chi connectivity index (χ0v) is 8.43. The van der Waals surface area contributed by atoms with E-state index in [9.17, 15) is 0 Å². The molecule has 0 saturated heterocycles. The van der Waals surface area contributed by atoms with Crippen LogP contribution in [-0.2, 0) is 47.4 Å². The van der Waals surface area contributed by atoms with E-state index in [0.717, 1.165) is 0 Å². The summed E-state index contributed by atoms with van der Waals surface area (Å²) in [4.78, 5) is 21.6. The quantitative estimate of drug-likeness (QED) is 0.294. The predicted octanol–water partition coefficient (Wildman–Crippen LogP) is -4.05. The summed E-state index contributed by atoms with van der Waals surface area (Å²) in [6.07, 6.45) is 0. The fraction of sp³-hybridized carbons (Fsp3) is 0. The molecule has 10 heavy (non-hydrogen) atoms. The number of rotatable bonds is 0. The molecule has 0 rings (SSSR count). The molecule has 0 atom stereocenters. The molecule has 0 amide bonds. The summed E-state index contributed by atoms with van der Waals surface area (Å²) < 4.78 is 25.9. The van der Waals surface area contributed by atoms with Crippen molar-refractivity contribution < 1.29 is 82.3 Å². The van der Waals surface area contributed by atoms with Crippen molar-refractivity contribution >= 4 is 7.82 Å². The SMILES string of the molecule is O=P(O)(O)O.[Fe].[H-].[Li+].[O]=[Ti]=[O]. The average Bonchev–Trinajstić information content (AvgIpc) is 1.27. The van der Waals surface area contributed by atoms with E-state index in [1.54, 1.807) is 0 Å². The first-order chi connectivity index (χ1) is 3.41. The maximum atomic E-state index is 8.88. The van der Waals surface area contributed by atoms with Crippen LogP contribution in [0, 0.1) is 0 Å². The fourth-order valence-electron chi connectivity index (χ4n) is 0. The molecule has 0 aliphatic rings. The minimum atomic E-state index is -4.64. The molecule has 0 fully saturated rings. The van der Waals surface area contributed by atoms with E-state index in [1.807, 2.05) is 0 Å². The summed E-state index contributed by atoms with van der Waals surface area (Å²) in [6.45, 7) is 0. The second-order valence-electron chi connectivity index (χ2n) is 0.597. The molecule has 0 aliphatic heterocycles. The van der Waals surface area contributed by atoms with Crippen LogP contribution in [0.3, 0.4) is 0 Å². The molecular weight excluding hydrogens is 238 g/mol. The molecule has 0 heterocycles. The molecule has 3 N–H and O–H groups in total. The van der Waals surface area contributed by atoms with Crippen LogP contribution in [0.2, 0.25) is 0 Å². The summed E-state index contributed by atoms with van der Waals surface area (Å²) in [5.74, 6) is 0. The van der Waals surface area contributed by atoms with Gasteiger partial charge in [-0.05, 0) is 0 Å². The van der Waals surface area contributed by atoms with Crippen LogP contribution in [0.5, 0.6) is 0 Å². The third-order valence-corrected chi connectivity index (χ3v) is 0. The van der Waals surface area contributed by atoms with Gasteiger partial charge in [-0.1, -0.05) is 0 Å². The summed E-state index contributed by atoms with van der Waals surface area (Å²) in [5.41, 5.74) is 0. The van der Waals surface area contributed by atoms with Crippen LogP contribution in [0.25, 0.3) is 0 Å². The van der Waals surface area contributed by atoms with Crippen LogP contribution < -0.4 is 18.9 Å². The van der Waals surface area contributed by atoms with Crippen molar-refractivity contribution in [2.24, 2.45) is 0 Å². The van der Waals surface area contributed by atoms with Crippen molar-refractivity contribution in [1.29, 1.82) is 0 Å². The second kappa shape index (κ2) is 13.2. The Balaban J connectivity index is -0.0000000183. The van der Waals surface area contributed by atoms with Crippen LogP contribution in [-0.4, -0.2) is 14.7 Å². The second-order valence-corrected chi connectivity index (χ2v) is 1.88. The van der Waals surface area contributed by atoms with E-state index < -0.39 is 26.9 Å². The van der Waals surface area contributed by atoms with Gasteiger partial charge in [-0.2, -0.15) is 0 Å². The van der Waals surface area contributed by atoms with Crippen molar-refractivity contribution in [1.82, 2.24) is 0 Å². The first-order valence-corrected chi connectivity index (χ1v) is 4.03. The molecule has 58 valence electrons. The van der Waals surface area contributed by atoms with E-state index in [2.05, 4.69) is 0 Å². The summed E-state index contributed by atoms with van der Waals surface area (Å²) in [7, 11) is -4.64. The van der Waals surface area contributed by atoms with Gasteiger partial charge < -0.3 is 16.1 Å². The summed E-state index contributed by atoms with van der Waals surface area (Å²) in [6, 6.07) is 0. The monoisotopic (exact) mass is 242 g/mol. The molecule has 0 saturated carbocycles. The van der Waals surface area contributed by atoms with Crippen molar-refractivity contribution in [2.45, 2.75) is 0 Å². The van der Waals surface area contributed by atoms with Gasteiger partial charge in [0.15, 0.2) is 0 Å². The Labute approximate surface area is 89.7 Å². The molecule has 6 nitrogen and oxygen atoms in total. The number of hydrogen-bond acceptors (Lipinski definition) is 3. The van der Waals surface area contributed by atoms with Crippen molar-refractivity contribution in [3.05, 3.63) is 0 Å². The standard InChI is InChI=1S/Fe.Li.H3O4P.2O.Ti.H/c;;1-5(2,3)4;;;;/h;;(H3,1,2,3,4);;;;/q;+1;;;;;-1. The van der Waals surface area contributed by atoms with Gasteiger partial charge >= 0.3 is 52.4 Å². The maximum absolute atomic E-state index is 8.88. The van der Waals surface area contributed by atoms with Gasteiger partial charge in [0.05, 0.1) is 0 Å². The minimum absolute atomic E-state index is 0. The Morgan fingerprint density at radius 2 is 1.20 bits per heavy atom. The third-order valence-electron chi connectivity index (χ3n) is 0. The molecule has 0 bridgehead atoms. The van der Waals surface area contributed by atoms with Crippen LogP contribution in [0.4, 0.5) is 0 Å². The van der Waals surface area contributed by atoms with E-state index >= 15 is 0 Å². The predicted molar refractivity (Wildman–Crippen MR) is 16.7 cm³/mol. The Morgan fingerprint density at radius 1 is 1.20 bits per heavy atom. The van der Waals surface area contributed by atoms with Gasteiger partial charge in [0, 0.05) is 17.1 Å². The molecule has 0 radical (unpaired) electrons. The van der Waals surface area contributed by atoms with Crippen LogP contribution >= 0.6 is 7.82 Å². The Hall–Kier alpha value is 1.54. The zero-order valence-electron chi connectivity index (χ0n) is 5.87. The number of phosphoric acid groups is 1. The van der Waals surface area contributed by atoms with E-state index in [-0.39, 0.29) is 37.4 Å². The molecule has 0 aromatic rings. The van der Waals surface area contributed by atoms with Crippen molar-refractivity contribution in [3.8, 4) is 0 Å². The average molecular weight is 242 g/mol. The van der Waals surface area contributed by atoms with Crippen molar-refractivity contribution in [3.63, 3.8) is 0 Å². The Morgan fingerprint density at radius 3 is 1.20 bits per heavy atom. The topological polar surface area (TPSA) is 112 Å². The molecule has 0 aromatic heterocycles. The van der Waals surface area contributed by atoms with Crippen LogP contribution in [0.1, 0.15) is 1.43 Å². The normalized spacial score (nSPS) is 6.70. The molecule has 10 heteroatoms. The molecule has 0 aromatic carbocycles. The van der Waals surface area contributed by atoms with Crippen LogP contribution in [0.15, 0.2) is 0 Å². The first kappa shape index (κ1) is 22.6. The Kier molecular flexibility index (Phi) is 29.7. The van der Waals surface area contributed by atoms with Crippen molar-refractivity contribution in [2.75, 3.05) is 0 Å². The van der Waals surface area contributed by atoms with Gasteiger partial charge in [0.1, 0.15) is 0 Å². The first-order valence-electron chi connectivity index (χ1n) is 1.19. The molecule has 0 spiro atoms. The Bertz CT molecular complexity index is 120. The fourth-order valence-corrected chi connectivity index (χ4v) is 0. The van der Waals surface area contributed by atoms with E-state index in [4.69, 9.17) is 25.9 Å². The number of hydrogen-bond donors (Lipinski definition) is 3. The molecular formula is H4FeLiO6PTi. The van der Waals surface area contributed by atoms with Gasteiger partial charge in [0.25, 0.3) is 0 Å². The van der Waals surface area contributed by atoms with E-state index in [0.29, 0.717) is 0 Å². The van der Waals surface area contributed by atoms with Gasteiger partial charge in [-0.25, -0.2) is 4.57 Å². The van der Waals surface area contributed by atoms with E-state index in [1.165, 1.54) is 0 Å². The summed E-state index contributed by atoms with van der Waals surface area (Å²) in [5, 5.41) is 0. The third kappa shape index (κ3) is 293. The van der Waals surface area contributed by atoms with Gasteiger partial charge in [0.2, 0.25) is 0 Å². The summed E-state index contributed by atoms with van der Waals surface area (Å²) >= 11 is -2.00. The van der Waals surface area contributed by atoms with Gasteiger partial charge in [-0.3, -0.25) is 0 Å². The molecule has 0 unspecified atom stereocenters. The molecule has 0 aliphatic carbocycles. The zero-order chi connectivity index (χ0) is 7.21. The van der Waals surface area contributed by atoms with Gasteiger partial charge in [-0.15, -0.1) is 0 Å².